The Morgan fingerprint density at radius 2 is 1.62 bits per heavy atom. The second-order valence-electron chi connectivity index (χ2n) is 8.87. The van der Waals surface area contributed by atoms with Crippen molar-refractivity contribution in [3.05, 3.63) is 83.4 Å². The van der Waals surface area contributed by atoms with Gasteiger partial charge >= 0.3 is 5.97 Å². The lowest BCUT2D eigenvalue weighted by Gasteiger charge is -2.23. The highest BCUT2D eigenvalue weighted by atomic mass is 16.5. The summed E-state index contributed by atoms with van der Waals surface area (Å²) in [5.74, 6) is 0.294. The SMILES string of the molecule is COc1cc(CC2COC(c3ccc(O)c(OC)c3)C2COC(=O)/C=C/c2ccc(O)cc2)ccc1O. The Morgan fingerprint density at radius 3 is 2.32 bits per heavy atom. The second-order valence-corrected chi connectivity index (χ2v) is 8.87. The van der Waals surface area contributed by atoms with Crippen molar-refractivity contribution in [3.63, 3.8) is 0 Å². The lowest BCUT2D eigenvalue weighted by molar-refractivity contribution is -0.139. The van der Waals surface area contributed by atoms with Crippen LogP contribution in [0.2, 0.25) is 0 Å². The molecule has 1 heterocycles. The lowest BCUT2D eigenvalue weighted by Crippen LogP contribution is -2.24. The fourth-order valence-electron chi connectivity index (χ4n) is 4.50. The monoisotopic (exact) mass is 506 g/mol. The van der Waals surface area contributed by atoms with Crippen LogP contribution in [-0.4, -0.2) is 48.7 Å². The third-order valence-corrected chi connectivity index (χ3v) is 6.48. The van der Waals surface area contributed by atoms with Gasteiger partial charge in [0.1, 0.15) is 5.75 Å². The summed E-state index contributed by atoms with van der Waals surface area (Å²) in [6.45, 7) is 0.551. The molecule has 0 saturated carbocycles. The molecule has 1 aliphatic heterocycles. The molecule has 3 aromatic carbocycles. The zero-order chi connectivity index (χ0) is 26.4. The van der Waals surface area contributed by atoms with Crippen molar-refractivity contribution >= 4 is 12.0 Å². The molecule has 0 radical (unpaired) electrons. The summed E-state index contributed by atoms with van der Waals surface area (Å²) in [7, 11) is 2.98. The van der Waals surface area contributed by atoms with Gasteiger partial charge in [-0.3, -0.25) is 0 Å². The third-order valence-electron chi connectivity index (χ3n) is 6.48. The zero-order valence-electron chi connectivity index (χ0n) is 20.7. The maximum atomic E-state index is 12.5. The van der Waals surface area contributed by atoms with Gasteiger partial charge < -0.3 is 34.3 Å². The quantitative estimate of drug-likeness (QED) is 0.284. The minimum atomic E-state index is -0.493. The molecule has 194 valence electrons. The van der Waals surface area contributed by atoms with E-state index in [2.05, 4.69) is 0 Å². The van der Waals surface area contributed by atoms with E-state index in [1.807, 2.05) is 6.07 Å². The number of rotatable bonds is 9. The van der Waals surface area contributed by atoms with E-state index >= 15 is 0 Å². The van der Waals surface area contributed by atoms with Crippen LogP contribution in [0.25, 0.3) is 6.08 Å². The van der Waals surface area contributed by atoms with Gasteiger partial charge in [-0.2, -0.15) is 0 Å². The van der Waals surface area contributed by atoms with Crippen LogP contribution in [0.15, 0.2) is 66.7 Å². The number of aromatic hydroxyl groups is 3. The van der Waals surface area contributed by atoms with Gasteiger partial charge in [-0.15, -0.1) is 0 Å². The van der Waals surface area contributed by atoms with Crippen LogP contribution < -0.4 is 9.47 Å². The van der Waals surface area contributed by atoms with E-state index in [9.17, 15) is 20.1 Å². The fourth-order valence-corrected chi connectivity index (χ4v) is 4.50. The van der Waals surface area contributed by atoms with Crippen molar-refractivity contribution in [1.82, 2.24) is 0 Å². The Kier molecular flexibility index (Phi) is 8.20. The molecule has 0 spiro atoms. The van der Waals surface area contributed by atoms with Crippen LogP contribution in [0.1, 0.15) is 22.8 Å². The Bertz CT molecular complexity index is 1250. The lowest BCUT2D eigenvalue weighted by atomic mass is 9.84. The largest absolute Gasteiger partial charge is 0.508 e. The molecule has 0 amide bonds. The highest BCUT2D eigenvalue weighted by molar-refractivity contribution is 5.87. The highest BCUT2D eigenvalue weighted by Gasteiger charge is 2.39. The van der Waals surface area contributed by atoms with Crippen LogP contribution in [0.3, 0.4) is 0 Å². The first-order valence-electron chi connectivity index (χ1n) is 11.9. The molecule has 3 N–H and O–H groups in total. The van der Waals surface area contributed by atoms with Crippen molar-refractivity contribution in [2.75, 3.05) is 27.4 Å². The Balaban J connectivity index is 1.52. The topological polar surface area (TPSA) is 115 Å². The molecule has 0 aromatic heterocycles. The first kappa shape index (κ1) is 25.9. The maximum absolute atomic E-state index is 12.5. The minimum Gasteiger partial charge on any atom is -0.508 e. The van der Waals surface area contributed by atoms with Crippen LogP contribution in [0.5, 0.6) is 28.7 Å². The summed E-state index contributed by atoms with van der Waals surface area (Å²) in [4.78, 5) is 12.5. The predicted octanol–water partition coefficient (Wildman–Crippen LogP) is 4.62. The molecule has 3 aromatic rings. The summed E-state index contributed by atoms with van der Waals surface area (Å²) in [6.07, 6.45) is 3.21. The van der Waals surface area contributed by atoms with Crippen molar-refractivity contribution in [3.8, 4) is 28.7 Å². The number of methoxy groups -OCH3 is 2. The third kappa shape index (κ3) is 6.34. The first-order chi connectivity index (χ1) is 17.9. The van der Waals surface area contributed by atoms with Crippen LogP contribution >= 0.6 is 0 Å². The van der Waals surface area contributed by atoms with Crippen molar-refractivity contribution in [2.24, 2.45) is 11.8 Å². The molecular formula is C29H30O8. The molecule has 3 unspecified atom stereocenters. The number of ether oxygens (including phenoxy) is 4. The normalized spacial score (nSPS) is 19.1. The van der Waals surface area contributed by atoms with E-state index in [4.69, 9.17) is 18.9 Å². The van der Waals surface area contributed by atoms with E-state index in [0.717, 1.165) is 16.7 Å². The second kappa shape index (κ2) is 11.7. The van der Waals surface area contributed by atoms with Gasteiger partial charge in [-0.1, -0.05) is 24.3 Å². The van der Waals surface area contributed by atoms with E-state index < -0.39 is 5.97 Å². The van der Waals surface area contributed by atoms with Gasteiger partial charge in [0.25, 0.3) is 0 Å². The molecule has 8 heteroatoms. The molecular weight excluding hydrogens is 476 g/mol. The van der Waals surface area contributed by atoms with Crippen molar-refractivity contribution in [1.29, 1.82) is 0 Å². The van der Waals surface area contributed by atoms with Crippen LogP contribution in [-0.2, 0) is 20.7 Å². The summed E-state index contributed by atoms with van der Waals surface area (Å²) >= 11 is 0. The molecule has 1 fully saturated rings. The van der Waals surface area contributed by atoms with E-state index in [1.54, 1.807) is 60.7 Å². The molecule has 3 atom stereocenters. The summed E-state index contributed by atoms with van der Waals surface area (Å²) in [5.41, 5.74) is 2.52. The number of phenolic OH excluding ortho intramolecular Hbond substituents is 3. The van der Waals surface area contributed by atoms with E-state index in [0.29, 0.717) is 24.5 Å². The van der Waals surface area contributed by atoms with Gasteiger partial charge in [0, 0.05) is 12.0 Å². The number of esters is 1. The molecule has 0 bridgehead atoms. The van der Waals surface area contributed by atoms with Gasteiger partial charge in [-0.25, -0.2) is 4.79 Å². The number of carbonyl (C=O) groups is 1. The Labute approximate surface area is 215 Å². The van der Waals surface area contributed by atoms with E-state index in [-0.39, 0.29) is 41.8 Å². The average Bonchev–Trinajstić information content (AvgIpc) is 3.30. The van der Waals surface area contributed by atoms with Gasteiger partial charge in [0.15, 0.2) is 23.0 Å². The highest BCUT2D eigenvalue weighted by Crippen LogP contribution is 2.43. The first-order valence-corrected chi connectivity index (χ1v) is 11.9. The number of hydrogen-bond acceptors (Lipinski definition) is 8. The van der Waals surface area contributed by atoms with Gasteiger partial charge in [0.2, 0.25) is 0 Å². The van der Waals surface area contributed by atoms with Crippen molar-refractivity contribution < 1.29 is 39.1 Å². The minimum absolute atomic E-state index is 0.00734. The smallest absolute Gasteiger partial charge is 0.330 e. The fraction of sp³-hybridized carbons (Fsp3) is 0.276. The zero-order valence-corrected chi connectivity index (χ0v) is 20.7. The molecule has 37 heavy (non-hydrogen) atoms. The number of carbonyl (C=O) groups excluding carboxylic acids is 1. The predicted molar refractivity (Wildman–Crippen MR) is 137 cm³/mol. The molecule has 8 nitrogen and oxygen atoms in total. The maximum Gasteiger partial charge on any atom is 0.330 e. The summed E-state index contributed by atoms with van der Waals surface area (Å²) < 4.78 is 22.3. The average molecular weight is 507 g/mol. The molecule has 0 aliphatic carbocycles. The molecule has 4 rings (SSSR count). The summed E-state index contributed by atoms with van der Waals surface area (Å²) in [6, 6.07) is 16.7. The molecule has 1 saturated heterocycles. The van der Waals surface area contributed by atoms with Crippen molar-refractivity contribution in [2.45, 2.75) is 12.5 Å². The van der Waals surface area contributed by atoms with Gasteiger partial charge in [-0.05, 0) is 71.5 Å². The standard InChI is InChI=1S/C29H30O8/c1-34-26-14-19(5-10-24(26)31)13-21-16-37-29(20-7-11-25(32)27(15-20)35-2)23(21)17-36-28(33)12-6-18-3-8-22(30)9-4-18/h3-12,14-15,21,23,29-32H,13,16-17H2,1-2H3/b12-6+. The molecule has 1 aliphatic rings. The van der Waals surface area contributed by atoms with Crippen LogP contribution in [0, 0.1) is 11.8 Å². The number of phenols is 3. The Morgan fingerprint density at radius 1 is 0.946 bits per heavy atom. The van der Waals surface area contributed by atoms with E-state index in [1.165, 1.54) is 20.3 Å². The number of benzene rings is 3. The number of hydrogen-bond donors (Lipinski definition) is 3. The Hall–Kier alpha value is -4.17. The summed E-state index contributed by atoms with van der Waals surface area (Å²) in [5, 5.41) is 29.4. The van der Waals surface area contributed by atoms with Crippen LogP contribution in [0.4, 0.5) is 0 Å². The van der Waals surface area contributed by atoms with Gasteiger partial charge in [0.05, 0.1) is 33.5 Å².